The van der Waals surface area contributed by atoms with E-state index in [1.165, 1.54) is 3.57 Å². The number of amides is 1. The lowest BCUT2D eigenvalue weighted by Crippen LogP contribution is -2.16. The Morgan fingerprint density at radius 1 is 1.03 bits per heavy atom. The minimum Gasteiger partial charge on any atom is -0.487 e. The highest BCUT2D eigenvalue weighted by atomic mass is 127. The van der Waals surface area contributed by atoms with Crippen molar-refractivity contribution in [3.63, 3.8) is 0 Å². The Bertz CT molecular complexity index is 1300. The van der Waals surface area contributed by atoms with Gasteiger partial charge >= 0.3 is 5.91 Å². The van der Waals surface area contributed by atoms with Crippen molar-refractivity contribution in [2.75, 3.05) is 0 Å². The van der Waals surface area contributed by atoms with Gasteiger partial charge in [-0.05, 0) is 114 Å². The lowest BCUT2D eigenvalue weighted by molar-refractivity contribution is 0.0929. The first-order chi connectivity index (χ1) is 15.4. The SMILES string of the molecule is O=C(N/N=C/c1cc(Br)c(OCc2ccc(I)cc2)c(Br)c1)c1cc2cc(Br)ccc2o1. The molecule has 4 rings (SSSR count). The van der Waals surface area contributed by atoms with E-state index in [1.54, 1.807) is 18.3 Å². The largest absolute Gasteiger partial charge is 0.487 e. The molecule has 0 bridgehead atoms. The molecule has 0 saturated heterocycles. The third kappa shape index (κ3) is 5.81. The Morgan fingerprint density at radius 3 is 2.47 bits per heavy atom. The van der Waals surface area contributed by atoms with Crippen molar-refractivity contribution in [2.24, 2.45) is 5.10 Å². The van der Waals surface area contributed by atoms with E-state index >= 15 is 0 Å². The quantitative estimate of drug-likeness (QED) is 0.126. The summed E-state index contributed by atoms with van der Waals surface area (Å²) in [4.78, 5) is 12.3. The van der Waals surface area contributed by atoms with E-state index in [-0.39, 0.29) is 5.76 Å². The summed E-state index contributed by atoms with van der Waals surface area (Å²) in [5.41, 5.74) is 4.98. The maximum atomic E-state index is 12.3. The molecule has 5 nitrogen and oxygen atoms in total. The van der Waals surface area contributed by atoms with Crippen molar-refractivity contribution in [1.82, 2.24) is 5.43 Å². The van der Waals surface area contributed by atoms with Crippen molar-refractivity contribution in [1.29, 1.82) is 0 Å². The number of nitrogens with one attached hydrogen (secondary N) is 1. The van der Waals surface area contributed by atoms with Crippen LogP contribution in [0.15, 0.2) is 83.6 Å². The number of ether oxygens (including phenoxy) is 1. The molecule has 0 unspecified atom stereocenters. The number of hydrogen-bond donors (Lipinski definition) is 1. The zero-order valence-corrected chi connectivity index (χ0v) is 23.2. The second kappa shape index (κ2) is 10.5. The van der Waals surface area contributed by atoms with Crippen molar-refractivity contribution >= 4 is 93.5 Å². The number of halogens is 4. The Morgan fingerprint density at radius 2 is 1.75 bits per heavy atom. The molecule has 1 aromatic heterocycles. The summed E-state index contributed by atoms with van der Waals surface area (Å²) in [5, 5.41) is 4.88. The first-order valence-electron chi connectivity index (χ1n) is 9.28. The fourth-order valence-corrected chi connectivity index (χ4v) is 5.06. The maximum absolute atomic E-state index is 12.3. The molecule has 0 aliphatic rings. The van der Waals surface area contributed by atoms with Gasteiger partial charge in [0, 0.05) is 13.4 Å². The highest BCUT2D eigenvalue weighted by Crippen LogP contribution is 2.35. The van der Waals surface area contributed by atoms with Crippen molar-refractivity contribution in [3.8, 4) is 5.75 Å². The molecule has 0 aliphatic carbocycles. The van der Waals surface area contributed by atoms with Crippen LogP contribution in [0.5, 0.6) is 5.75 Å². The Hall–Kier alpha value is -1.69. The second-order valence-electron chi connectivity index (χ2n) is 6.72. The highest BCUT2D eigenvalue weighted by Gasteiger charge is 2.12. The van der Waals surface area contributed by atoms with Gasteiger partial charge in [-0.15, -0.1) is 0 Å². The molecule has 1 amide bonds. The average Bonchev–Trinajstić information content (AvgIpc) is 3.18. The van der Waals surface area contributed by atoms with Gasteiger partial charge in [0.2, 0.25) is 0 Å². The van der Waals surface area contributed by atoms with Crippen molar-refractivity contribution < 1.29 is 13.9 Å². The van der Waals surface area contributed by atoms with Crippen LogP contribution in [0.4, 0.5) is 0 Å². The van der Waals surface area contributed by atoms with Crippen LogP contribution >= 0.6 is 70.4 Å². The number of carbonyl (C=O) groups excluding carboxylic acids is 1. The lowest BCUT2D eigenvalue weighted by atomic mass is 10.2. The van der Waals surface area contributed by atoms with Gasteiger partial charge in [-0.2, -0.15) is 5.10 Å². The Balaban J connectivity index is 1.41. The summed E-state index contributed by atoms with van der Waals surface area (Å²) >= 11 is 12.8. The van der Waals surface area contributed by atoms with E-state index in [9.17, 15) is 4.79 Å². The maximum Gasteiger partial charge on any atom is 0.307 e. The molecule has 0 fully saturated rings. The number of furan rings is 1. The smallest absolute Gasteiger partial charge is 0.307 e. The fraction of sp³-hybridized carbons (Fsp3) is 0.0435. The standard InChI is InChI=1S/C23H14Br3IN2O3/c24-16-3-6-20-15(9-16)10-21(32-20)23(30)29-28-11-14-7-18(25)22(19(26)8-14)31-12-13-1-4-17(27)5-2-13/h1-11H,12H2,(H,29,30)/b28-11+. The van der Waals surface area contributed by atoms with Crippen LogP contribution in [0, 0.1) is 3.57 Å². The Kier molecular flexibility index (Phi) is 7.70. The van der Waals surface area contributed by atoms with Gasteiger partial charge in [-0.1, -0.05) is 28.1 Å². The van der Waals surface area contributed by atoms with Crippen LogP contribution in [0.1, 0.15) is 21.7 Å². The van der Waals surface area contributed by atoms with Crippen molar-refractivity contribution in [2.45, 2.75) is 6.61 Å². The molecule has 1 N–H and O–H groups in total. The van der Waals surface area contributed by atoms with Crippen molar-refractivity contribution in [3.05, 3.63) is 94.5 Å². The molecule has 162 valence electrons. The lowest BCUT2D eigenvalue weighted by Gasteiger charge is -2.11. The van der Waals surface area contributed by atoms with Gasteiger partial charge < -0.3 is 9.15 Å². The van der Waals surface area contributed by atoms with Gasteiger partial charge in [-0.25, -0.2) is 5.43 Å². The molecule has 0 saturated carbocycles. The monoisotopic (exact) mass is 730 g/mol. The van der Waals surface area contributed by atoms with Crippen LogP contribution in [0.25, 0.3) is 11.0 Å². The van der Waals surface area contributed by atoms with Crippen LogP contribution in [0.2, 0.25) is 0 Å². The summed E-state index contributed by atoms with van der Waals surface area (Å²) in [6.07, 6.45) is 1.55. The first kappa shape index (κ1) is 23.5. The summed E-state index contributed by atoms with van der Waals surface area (Å²) in [6, 6.07) is 19.1. The first-order valence-corrected chi connectivity index (χ1v) is 12.7. The number of hydrogen-bond acceptors (Lipinski definition) is 4. The van der Waals surface area contributed by atoms with E-state index in [4.69, 9.17) is 9.15 Å². The summed E-state index contributed by atoms with van der Waals surface area (Å²) in [6.45, 7) is 0.450. The normalized spacial score (nSPS) is 11.2. The van der Waals surface area contributed by atoms with E-state index in [1.807, 2.05) is 48.5 Å². The third-order valence-corrected chi connectivity index (χ3v) is 6.79. The number of rotatable bonds is 6. The third-order valence-electron chi connectivity index (χ3n) is 4.40. The zero-order chi connectivity index (χ0) is 22.7. The molecule has 0 spiro atoms. The van der Waals surface area contributed by atoms with Gasteiger partial charge in [0.15, 0.2) is 5.76 Å². The molecular weight excluding hydrogens is 719 g/mol. The molecule has 0 aliphatic heterocycles. The predicted molar refractivity (Wildman–Crippen MR) is 144 cm³/mol. The van der Waals surface area contributed by atoms with E-state index in [0.29, 0.717) is 17.9 Å². The average molecular weight is 733 g/mol. The predicted octanol–water partition coefficient (Wildman–Crippen LogP) is 7.67. The van der Waals surface area contributed by atoms with Crippen LogP contribution in [0.3, 0.4) is 0 Å². The molecule has 32 heavy (non-hydrogen) atoms. The number of carbonyl (C=O) groups is 1. The second-order valence-corrected chi connectivity index (χ2v) is 10.6. The van der Waals surface area contributed by atoms with Gasteiger partial charge in [0.05, 0.1) is 15.2 Å². The van der Waals surface area contributed by atoms with Crippen LogP contribution in [-0.2, 0) is 6.61 Å². The molecule has 4 aromatic rings. The highest BCUT2D eigenvalue weighted by molar-refractivity contribution is 14.1. The number of benzene rings is 3. The van der Waals surface area contributed by atoms with Crippen LogP contribution in [-0.4, -0.2) is 12.1 Å². The van der Waals surface area contributed by atoms with E-state index < -0.39 is 5.91 Å². The molecular formula is C23H14Br3IN2O3. The Labute approximate surface area is 223 Å². The van der Waals surface area contributed by atoms with E-state index in [0.717, 1.165) is 29.9 Å². The van der Waals surface area contributed by atoms with Gasteiger partial charge in [-0.3, -0.25) is 4.79 Å². The summed E-state index contributed by atoms with van der Waals surface area (Å²) < 4.78 is 15.2. The topological polar surface area (TPSA) is 63.8 Å². The van der Waals surface area contributed by atoms with Crippen LogP contribution < -0.4 is 10.2 Å². The minimum atomic E-state index is -0.427. The molecule has 0 radical (unpaired) electrons. The summed E-state index contributed by atoms with van der Waals surface area (Å²) in [5.74, 6) is 0.458. The zero-order valence-electron chi connectivity index (χ0n) is 16.2. The number of hydrazone groups is 1. The molecule has 0 atom stereocenters. The van der Waals surface area contributed by atoms with E-state index in [2.05, 4.69) is 80.9 Å². The molecule has 3 aromatic carbocycles. The van der Waals surface area contributed by atoms with Gasteiger partial charge in [0.25, 0.3) is 0 Å². The minimum absolute atomic E-state index is 0.192. The number of nitrogens with zero attached hydrogens (tertiary/aromatic N) is 1. The molecule has 9 heteroatoms. The number of fused-ring (bicyclic) bond motifs is 1. The molecule has 1 heterocycles. The van der Waals surface area contributed by atoms with Gasteiger partial charge in [0.1, 0.15) is 17.9 Å². The summed E-state index contributed by atoms with van der Waals surface area (Å²) in [7, 11) is 0. The fourth-order valence-electron chi connectivity index (χ4n) is 2.87.